The van der Waals surface area contributed by atoms with Gasteiger partial charge in [-0.25, -0.2) is 9.18 Å². The van der Waals surface area contributed by atoms with Gasteiger partial charge in [0.15, 0.2) is 6.17 Å². The Morgan fingerprint density at radius 1 is 1.47 bits per heavy atom. The molecule has 1 atom stereocenters. The summed E-state index contributed by atoms with van der Waals surface area (Å²) < 4.78 is 17.9. The van der Waals surface area contributed by atoms with Crippen LogP contribution in [0, 0.1) is 11.3 Å². The van der Waals surface area contributed by atoms with Crippen molar-refractivity contribution in [2.75, 3.05) is 20.2 Å². The van der Waals surface area contributed by atoms with Crippen molar-refractivity contribution in [2.24, 2.45) is 11.3 Å². The van der Waals surface area contributed by atoms with E-state index in [9.17, 15) is 9.18 Å². The highest BCUT2D eigenvalue weighted by Crippen LogP contribution is 2.53. The van der Waals surface area contributed by atoms with Crippen molar-refractivity contribution in [3.05, 3.63) is 0 Å². The SMILES string of the molecule is COC(=O)C(F)C1CC2(CCNCC2)C1. The molecule has 0 aromatic rings. The van der Waals surface area contributed by atoms with Gasteiger partial charge in [0.1, 0.15) is 0 Å². The molecule has 0 aromatic heterocycles. The number of piperidine rings is 1. The van der Waals surface area contributed by atoms with E-state index in [1.54, 1.807) is 0 Å². The van der Waals surface area contributed by atoms with Crippen LogP contribution in [0.4, 0.5) is 4.39 Å². The van der Waals surface area contributed by atoms with Crippen LogP contribution in [0.3, 0.4) is 0 Å². The van der Waals surface area contributed by atoms with Gasteiger partial charge in [-0.05, 0) is 44.2 Å². The third kappa shape index (κ3) is 2.00. The third-order valence-electron chi connectivity index (χ3n) is 3.89. The number of carbonyl (C=O) groups is 1. The largest absolute Gasteiger partial charge is 0.467 e. The summed E-state index contributed by atoms with van der Waals surface area (Å²) in [4.78, 5) is 11.0. The van der Waals surface area contributed by atoms with Crippen LogP contribution in [0.2, 0.25) is 0 Å². The van der Waals surface area contributed by atoms with E-state index in [0.29, 0.717) is 5.41 Å². The lowest BCUT2D eigenvalue weighted by molar-refractivity contribution is -0.153. The summed E-state index contributed by atoms with van der Waals surface area (Å²) in [5, 5.41) is 3.30. The first-order valence-electron chi connectivity index (χ1n) is 5.59. The molecule has 2 aliphatic rings. The van der Waals surface area contributed by atoms with Gasteiger partial charge in [0.2, 0.25) is 0 Å². The van der Waals surface area contributed by atoms with Gasteiger partial charge in [0.25, 0.3) is 0 Å². The number of hydrogen-bond donors (Lipinski definition) is 1. The molecule has 15 heavy (non-hydrogen) atoms. The summed E-state index contributed by atoms with van der Waals surface area (Å²) in [6.07, 6.45) is 2.54. The number of halogens is 1. The van der Waals surface area contributed by atoms with E-state index in [0.717, 1.165) is 38.8 Å². The van der Waals surface area contributed by atoms with Crippen molar-refractivity contribution in [1.82, 2.24) is 5.32 Å². The lowest BCUT2D eigenvalue weighted by Crippen LogP contribution is -2.49. The van der Waals surface area contributed by atoms with Crippen LogP contribution in [-0.2, 0) is 9.53 Å². The van der Waals surface area contributed by atoms with E-state index in [1.165, 1.54) is 7.11 Å². The predicted molar refractivity (Wildman–Crippen MR) is 54.2 cm³/mol. The van der Waals surface area contributed by atoms with Gasteiger partial charge in [-0.15, -0.1) is 0 Å². The fourth-order valence-corrected chi connectivity index (χ4v) is 2.93. The van der Waals surface area contributed by atoms with Gasteiger partial charge in [0.05, 0.1) is 7.11 Å². The summed E-state index contributed by atoms with van der Waals surface area (Å²) in [5.41, 5.74) is 0.328. The van der Waals surface area contributed by atoms with Crippen molar-refractivity contribution in [2.45, 2.75) is 31.9 Å². The number of esters is 1. The topological polar surface area (TPSA) is 38.3 Å². The zero-order chi connectivity index (χ0) is 10.9. The summed E-state index contributed by atoms with van der Waals surface area (Å²) in [6.45, 7) is 2.06. The van der Waals surface area contributed by atoms with Crippen LogP contribution in [0.5, 0.6) is 0 Å². The highest BCUT2D eigenvalue weighted by atomic mass is 19.1. The molecule has 0 amide bonds. The first-order valence-corrected chi connectivity index (χ1v) is 5.59. The number of carbonyl (C=O) groups excluding carboxylic acids is 1. The molecule has 1 saturated heterocycles. The smallest absolute Gasteiger partial charge is 0.340 e. The van der Waals surface area contributed by atoms with Gasteiger partial charge in [-0.1, -0.05) is 0 Å². The summed E-state index contributed by atoms with van der Waals surface area (Å²) in [6, 6.07) is 0. The highest BCUT2D eigenvalue weighted by molar-refractivity contribution is 5.74. The van der Waals surface area contributed by atoms with Gasteiger partial charge >= 0.3 is 5.97 Å². The minimum Gasteiger partial charge on any atom is -0.467 e. The predicted octanol–water partition coefficient (Wildman–Crippen LogP) is 1.28. The standard InChI is InChI=1S/C11H18FNO2/c1-15-10(14)9(12)8-6-11(7-8)2-4-13-5-3-11/h8-9,13H,2-7H2,1H3. The number of methoxy groups -OCH3 is 1. The second-order valence-electron chi connectivity index (χ2n) is 4.84. The van der Waals surface area contributed by atoms with Crippen LogP contribution in [0.15, 0.2) is 0 Å². The van der Waals surface area contributed by atoms with Crippen molar-refractivity contribution >= 4 is 5.97 Å². The van der Waals surface area contributed by atoms with E-state index >= 15 is 0 Å². The molecule has 4 heteroatoms. The molecule has 2 fully saturated rings. The molecular formula is C11H18FNO2. The second-order valence-corrected chi connectivity index (χ2v) is 4.84. The normalized spacial score (nSPS) is 27.1. The van der Waals surface area contributed by atoms with E-state index < -0.39 is 12.1 Å². The summed E-state index contributed by atoms with van der Waals surface area (Å²) in [7, 11) is 1.24. The lowest BCUT2D eigenvalue weighted by atomic mass is 9.56. The van der Waals surface area contributed by atoms with Gasteiger partial charge in [-0.2, -0.15) is 0 Å². The van der Waals surface area contributed by atoms with Crippen LogP contribution in [0.1, 0.15) is 25.7 Å². The number of hydrogen-bond acceptors (Lipinski definition) is 3. The Hall–Kier alpha value is -0.640. The Morgan fingerprint density at radius 3 is 2.60 bits per heavy atom. The molecule has 86 valence electrons. The maximum absolute atomic E-state index is 13.5. The lowest BCUT2D eigenvalue weighted by Gasteiger charge is -2.50. The quantitative estimate of drug-likeness (QED) is 0.705. The molecule has 1 spiro atoms. The number of rotatable bonds is 2. The number of ether oxygens (including phenoxy) is 1. The van der Waals surface area contributed by atoms with Crippen LogP contribution < -0.4 is 5.32 Å². The Labute approximate surface area is 89.4 Å². The fourth-order valence-electron chi connectivity index (χ4n) is 2.93. The molecular weight excluding hydrogens is 197 g/mol. The Morgan fingerprint density at radius 2 is 2.07 bits per heavy atom. The van der Waals surface area contributed by atoms with Crippen LogP contribution in [-0.4, -0.2) is 32.3 Å². The third-order valence-corrected chi connectivity index (χ3v) is 3.89. The Balaban J connectivity index is 1.83. The summed E-state index contributed by atoms with van der Waals surface area (Å²) in [5.74, 6) is -0.806. The van der Waals surface area contributed by atoms with Gasteiger partial charge in [0, 0.05) is 5.92 Å². The Kier molecular flexibility index (Phi) is 2.96. The van der Waals surface area contributed by atoms with Crippen LogP contribution in [0.25, 0.3) is 0 Å². The zero-order valence-electron chi connectivity index (χ0n) is 9.09. The molecule has 3 nitrogen and oxygen atoms in total. The minimum absolute atomic E-state index is 0.101. The molecule has 2 rings (SSSR count). The van der Waals surface area contributed by atoms with E-state index in [-0.39, 0.29) is 5.92 Å². The van der Waals surface area contributed by atoms with Gasteiger partial charge < -0.3 is 10.1 Å². The fraction of sp³-hybridized carbons (Fsp3) is 0.909. The molecule has 0 bridgehead atoms. The second kappa shape index (κ2) is 4.08. The molecule has 0 aromatic carbocycles. The van der Waals surface area contributed by atoms with Crippen molar-refractivity contribution in [3.63, 3.8) is 0 Å². The Bertz CT molecular complexity index is 243. The molecule has 1 unspecified atom stereocenters. The average molecular weight is 215 g/mol. The van der Waals surface area contributed by atoms with Crippen molar-refractivity contribution in [3.8, 4) is 0 Å². The molecule has 1 aliphatic heterocycles. The minimum atomic E-state index is -1.41. The van der Waals surface area contributed by atoms with Crippen LogP contribution >= 0.6 is 0 Å². The summed E-state index contributed by atoms with van der Waals surface area (Å²) >= 11 is 0. The molecule has 1 heterocycles. The van der Waals surface area contributed by atoms with E-state index in [1.807, 2.05) is 0 Å². The maximum atomic E-state index is 13.5. The molecule has 1 saturated carbocycles. The number of alkyl halides is 1. The average Bonchev–Trinajstić information content (AvgIpc) is 2.25. The molecule has 1 N–H and O–H groups in total. The van der Waals surface area contributed by atoms with Crippen molar-refractivity contribution in [1.29, 1.82) is 0 Å². The van der Waals surface area contributed by atoms with E-state index in [2.05, 4.69) is 10.1 Å². The van der Waals surface area contributed by atoms with Crippen molar-refractivity contribution < 1.29 is 13.9 Å². The highest BCUT2D eigenvalue weighted by Gasteiger charge is 2.49. The number of nitrogens with one attached hydrogen (secondary N) is 1. The molecule has 0 radical (unpaired) electrons. The molecule has 1 aliphatic carbocycles. The zero-order valence-corrected chi connectivity index (χ0v) is 9.09. The maximum Gasteiger partial charge on any atom is 0.340 e. The monoisotopic (exact) mass is 215 g/mol. The van der Waals surface area contributed by atoms with Gasteiger partial charge in [-0.3, -0.25) is 0 Å². The first-order chi connectivity index (χ1) is 7.17. The first kappa shape index (κ1) is 10.9. The van der Waals surface area contributed by atoms with E-state index in [4.69, 9.17) is 0 Å².